The van der Waals surface area contributed by atoms with Crippen molar-refractivity contribution in [3.63, 3.8) is 0 Å². The Hall–Kier alpha value is -2.22. The molecular weight excluding hydrogens is 305 g/mol. The predicted molar refractivity (Wildman–Crippen MR) is 79.5 cm³/mol. The normalized spacial score (nSPS) is 17.1. The van der Waals surface area contributed by atoms with E-state index in [0.29, 0.717) is 16.6 Å². The number of aryl methyl sites for hydroxylation is 1. The van der Waals surface area contributed by atoms with Crippen molar-refractivity contribution in [1.82, 2.24) is 24.8 Å². The van der Waals surface area contributed by atoms with Gasteiger partial charge in [0.15, 0.2) is 0 Å². The molecule has 0 spiro atoms. The zero-order chi connectivity index (χ0) is 15.3. The van der Waals surface area contributed by atoms with Crippen LogP contribution < -0.4 is 5.56 Å². The number of fused-ring (bicyclic) bond motifs is 2. The van der Waals surface area contributed by atoms with Crippen LogP contribution in [0, 0.1) is 12.7 Å². The molecule has 0 bridgehead atoms. The van der Waals surface area contributed by atoms with Gasteiger partial charge in [0, 0.05) is 5.25 Å². The number of nitrogens with zero attached hydrogens (tertiary/aromatic N) is 4. The van der Waals surface area contributed by atoms with E-state index in [1.165, 1.54) is 22.3 Å². The van der Waals surface area contributed by atoms with Gasteiger partial charge >= 0.3 is 0 Å². The summed E-state index contributed by atoms with van der Waals surface area (Å²) in [5.41, 5.74) is 1.87. The number of H-pyrrole nitrogens is 1. The van der Waals surface area contributed by atoms with Crippen LogP contribution >= 0.6 is 11.8 Å². The van der Waals surface area contributed by atoms with E-state index in [9.17, 15) is 9.18 Å². The first-order valence-electron chi connectivity index (χ1n) is 6.90. The van der Waals surface area contributed by atoms with Gasteiger partial charge in [-0.05, 0) is 37.0 Å². The first-order valence-corrected chi connectivity index (χ1v) is 7.78. The number of aromatic nitrogens is 5. The lowest BCUT2D eigenvalue weighted by Gasteiger charge is -2.09. The molecule has 6 nitrogen and oxygen atoms in total. The standard InChI is InChI=1S/C14H12FN5OS/c1-7-12(21)16-13-17-18-14(20(13)19-7)22-11-6-5-8-9(11)3-2-4-10(8)15/h2-4,11H,5-6H2,1H3,(H,16,17,21). The molecule has 1 atom stereocenters. The SMILES string of the molecule is Cc1nn2c(SC3CCc4c(F)cccc43)nnc2[nH]c1=O. The highest BCUT2D eigenvalue weighted by atomic mass is 32.2. The third kappa shape index (κ3) is 2.02. The average Bonchev–Trinajstić information content (AvgIpc) is 3.07. The summed E-state index contributed by atoms with van der Waals surface area (Å²) in [7, 11) is 0. The van der Waals surface area contributed by atoms with Crippen molar-refractivity contribution in [2.24, 2.45) is 0 Å². The van der Waals surface area contributed by atoms with E-state index in [2.05, 4.69) is 20.3 Å². The molecule has 1 aliphatic rings. The van der Waals surface area contributed by atoms with Crippen LogP contribution in [0.3, 0.4) is 0 Å². The number of hydrogen-bond donors (Lipinski definition) is 1. The minimum atomic E-state index is -0.273. The van der Waals surface area contributed by atoms with Crippen molar-refractivity contribution >= 4 is 17.5 Å². The van der Waals surface area contributed by atoms with Crippen molar-refractivity contribution in [2.45, 2.75) is 30.2 Å². The highest BCUT2D eigenvalue weighted by Crippen LogP contribution is 2.44. The zero-order valence-electron chi connectivity index (χ0n) is 11.7. The first kappa shape index (κ1) is 13.4. The highest BCUT2D eigenvalue weighted by molar-refractivity contribution is 7.99. The van der Waals surface area contributed by atoms with Gasteiger partial charge in [0.25, 0.3) is 11.3 Å². The molecule has 22 heavy (non-hydrogen) atoms. The summed E-state index contributed by atoms with van der Waals surface area (Å²) in [6, 6.07) is 5.18. The molecule has 4 rings (SSSR count). The van der Waals surface area contributed by atoms with Gasteiger partial charge in [-0.2, -0.15) is 9.61 Å². The fourth-order valence-corrected chi connectivity index (χ4v) is 3.87. The Morgan fingerprint density at radius 3 is 3.14 bits per heavy atom. The minimum Gasteiger partial charge on any atom is -0.288 e. The zero-order valence-corrected chi connectivity index (χ0v) is 12.5. The smallest absolute Gasteiger partial charge is 0.273 e. The molecule has 2 aromatic heterocycles. The predicted octanol–water partition coefficient (Wildman–Crippen LogP) is 2.04. The van der Waals surface area contributed by atoms with Crippen LogP contribution in [0.5, 0.6) is 0 Å². The Kier molecular flexibility index (Phi) is 3.00. The molecule has 0 saturated carbocycles. The molecule has 112 valence electrons. The van der Waals surface area contributed by atoms with Gasteiger partial charge in [-0.25, -0.2) is 4.39 Å². The fraction of sp³-hybridized carbons (Fsp3) is 0.286. The summed E-state index contributed by atoms with van der Waals surface area (Å²) in [6.07, 6.45) is 1.57. The Morgan fingerprint density at radius 1 is 1.41 bits per heavy atom. The fourth-order valence-electron chi connectivity index (χ4n) is 2.72. The molecular formula is C14H12FN5OS. The maximum absolute atomic E-state index is 13.8. The lowest BCUT2D eigenvalue weighted by Crippen LogP contribution is -2.15. The first-order chi connectivity index (χ1) is 10.6. The van der Waals surface area contributed by atoms with Crippen LogP contribution in [0.4, 0.5) is 4.39 Å². The van der Waals surface area contributed by atoms with Gasteiger partial charge in [-0.15, -0.1) is 10.2 Å². The second-order valence-electron chi connectivity index (χ2n) is 5.21. The second-order valence-corrected chi connectivity index (χ2v) is 6.38. The van der Waals surface area contributed by atoms with E-state index >= 15 is 0 Å². The van der Waals surface area contributed by atoms with Crippen LogP contribution in [0.15, 0.2) is 28.2 Å². The molecule has 1 aromatic carbocycles. The Morgan fingerprint density at radius 2 is 2.27 bits per heavy atom. The number of halogens is 1. The van der Waals surface area contributed by atoms with Gasteiger partial charge in [-0.3, -0.25) is 9.78 Å². The molecule has 0 aliphatic heterocycles. The summed E-state index contributed by atoms with van der Waals surface area (Å²) in [4.78, 5) is 14.2. The maximum Gasteiger partial charge on any atom is 0.273 e. The summed E-state index contributed by atoms with van der Waals surface area (Å²) in [6.45, 7) is 1.63. The molecule has 3 aromatic rings. The summed E-state index contributed by atoms with van der Waals surface area (Å²) in [5.74, 6) is 0.167. The van der Waals surface area contributed by atoms with Gasteiger partial charge in [-0.1, -0.05) is 23.9 Å². The van der Waals surface area contributed by atoms with Gasteiger partial charge < -0.3 is 0 Å². The molecule has 1 aliphatic carbocycles. The lowest BCUT2D eigenvalue weighted by molar-refractivity contribution is 0.613. The van der Waals surface area contributed by atoms with Crippen LogP contribution in [0.1, 0.15) is 28.5 Å². The Bertz CT molecular complexity index is 935. The quantitative estimate of drug-likeness (QED) is 0.783. The molecule has 0 radical (unpaired) electrons. The monoisotopic (exact) mass is 317 g/mol. The van der Waals surface area contributed by atoms with E-state index in [4.69, 9.17) is 0 Å². The van der Waals surface area contributed by atoms with Gasteiger partial charge in [0.1, 0.15) is 11.5 Å². The lowest BCUT2D eigenvalue weighted by atomic mass is 10.1. The van der Waals surface area contributed by atoms with Crippen molar-refractivity contribution in [3.8, 4) is 0 Å². The second kappa shape index (κ2) is 4.91. The summed E-state index contributed by atoms with van der Waals surface area (Å²) in [5, 5.41) is 12.9. The van der Waals surface area contributed by atoms with E-state index in [0.717, 1.165) is 24.0 Å². The van der Waals surface area contributed by atoms with Crippen LogP contribution in [0.2, 0.25) is 0 Å². The van der Waals surface area contributed by atoms with Crippen LogP contribution in [0.25, 0.3) is 5.78 Å². The molecule has 0 fully saturated rings. The number of nitrogens with one attached hydrogen (secondary N) is 1. The van der Waals surface area contributed by atoms with Crippen molar-refractivity contribution in [1.29, 1.82) is 0 Å². The van der Waals surface area contributed by atoms with Gasteiger partial charge in [0.05, 0.1) is 0 Å². The minimum absolute atomic E-state index is 0.118. The summed E-state index contributed by atoms with van der Waals surface area (Å²) >= 11 is 1.49. The number of hydrogen-bond acceptors (Lipinski definition) is 5. The third-order valence-corrected chi connectivity index (χ3v) is 5.06. The third-order valence-electron chi connectivity index (χ3n) is 3.82. The molecule has 8 heteroatoms. The van der Waals surface area contributed by atoms with Crippen molar-refractivity contribution in [3.05, 3.63) is 51.2 Å². The number of benzene rings is 1. The van der Waals surface area contributed by atoms with E-state index in [1.54, 1.807) is 13.0 Å². The number of rotatable bonds is 2. The Balaban J connectivity index is 1.73. The summed E-state index contributed by atoms with van der Waals surface area (Å²) < 4.78 is 15.3. The molecule has 1 unspecified atom stereocenters. The van der Waals surface area contributed by atoms with E-state index in [1.807, 2.05) is 6.07 Å². The molecule has 2 heterocycles. The van der Waals surface area contributed by atoms with Crippen molar-refractivity contribution in [2.75, 3.05) is 0 Å². The van der Waals surface area contributed by atoms with Crippen LogP contribution in [-0.4, -0.2) is 24.8 Å². The number of thioether (sulfide) groups is 1. The molecule has 0 saturated heterocycles. The topological polar surface area (TPSA) is 75.9 Å². The van der Waals surface area contributed by atoms with Gasteiger partial charge in [0.2, 0.25) is 5.16 Å². The van der Waals surface area contributed by atoms with Crippen molar-refractivity contribution < 1.29 is 4.39 Å². The maximum atomic E-state index is 13.8. The Labute approximate surface area is 128 Å². The largest absolute Gasteiger partial charge is 0.288 e. The van der Waals surface area contributed by atoms with E-state index < -0.39 is 0 Å². The average molecular weight is 317 g/mol. The van der Waals surface area contributed by atoms with E-state index in [-0.39, 0.29) is 16.6 Å². The molecule has 1 N–H and O–H groups in total. The highest BCUT2D eigenvalue weighted by Gasteiger charge is 2.27. The number of aromatic amines is 1. The van der Waals surface area contributed by atoms with Crippen LogP contribution in [-0.2, 0) is 6.42 Å². The molecule has 0 amide bonds.